The molecule has 2 aromatic rings. The first-order valence-corrected chi connectivity index (χ1v) is 7.63. The van der Waals surface area contributed by atoms with Crippen LogP contribution < -0.4 is 5.32 Å². The van der Waals surface area contributed by atoms with Gasteiger partial charge in [0.15, 0.2) is 5.16 Å². The molecule has 0 aliphatic heterocycles. The van der Waals surface area contributed by atoms with Gasteiger partial charge >= 0.3 is 6.18 Å². The van der Waals surface area contributed by atoms with E-state index < -0.39 is 17.1 Å². The second-order valence-electron chi connectivity index (χ2n) is 4.69. The number of rotatable bonds is 5. The number of nitrogens with zero attached hydrogens (tertiary/aromatic N) is 2. The highest BCUT2D eigenvalue weighted by molar-refractivity contribution is 8.00. The predicted octanol–water partition coefficient (Wildman–Crippen LogP) is 3.29. The van der Waals surface area contributed by atoms with Crippen LogP contribution in [0.15, 0.2) is 47.8 Å². The monoisotopic (exact) mass is 341 g/mol. The molecule has 1 aromatic heterocycles. The van der Waals surface area contributed by atoms with Crippen molar-refractivity contribution in [1.82, 2.24) is 15.3 Å². The molecule has 4 nitrogen and oxygen atoms in total. The zero-order valence-corrected chi connectivity index (χ0v) is 13.0. The quantitative estimate of drug-likeness (QED) is 0.670. The van der Waals surface area contributed by atoms with Crippen LogP contribution in [0.2, 0.25) is 0 Å². The van der Waals surface area contributed by atoms with E-state index in [1.807, 2.05) is 30.3 Å². The van der Waals surface area contributed by atoms with E-state index >= 15 is 0 Å². The summed E-state index contributed by atoms with van der Waals surface area (Å²) in [6, 6.07) is 10.1. The van der Waals surface area contributed by atoms with Crippen LogP contribution in [0.3, 0.4) is 0 Å². The van der Waals surface area contributed by atoms with Gasteiger partial charge in [-0.2, -0.15) is 13.2 Å². The fourth-order valence-electron chi connectivity index (χ4n) is 1.70. The number of alkyl halides is 3. The van der Waals surface area contributed by atoms with Gasteiger partial charge in [0.05, 0.1) is 5.25 Å². The number of hydrogen-bond donors (Lipinski definition) is 1. The lowest BCUT2D eigenvalue weighted by Gasteiger charge is -2.12. The second kappa shape index (κ2) is 7.45. The van der Waals surface area contributed by atoms with Gasteiger partial charge in [-0.05, 0) is 18.6 Å². The van der Waals surface area contributed by atoms with E-state index in [-0.39, 0.29) is 11.1 Å². The fraction of sp³-hybridized carbons (Fsp3) is 0.267. The van der Waals surface area contributed by atoms with E-state index in [1.54, 1.807) is 6.92 Å². The molecular weight excluding hydrogens is 327 g/mol. The van der Waals surface area contributed by atoms with E-state index in [0.717, 1.165) is 29.6 Å². The van der Waals surface area contributed by atoms with Crippen LogP contribution in [0.5, 0.6) is 0 Å². The van der Waals surface area contributed by atoms with Crippen LogP contribution in [0.1, 0.15) is 18.2 Å². The molecule has 122 valence electrons. The van der Waals surface area contributed by atoms with Crippen molar-refractivity contribution < 1.29 is 18.0 Å². The molecule has 0 saturated carbocycles. The summed E-state index contributed by atoms with van der Waals surface area (Å²) < 4.78 is 37.8. The van der Waals surface area contributed by atoms with E-state index in [4.69, 9.17) is 0 Å². The van der Waals surface area contributed by atoms with Gasteiger partial charge in [0, 0.05) is 12.7 Å². The van der Waals surface area contributed by atoms with Crippen LogP contribution >= 0.6 is 11.8 Å². The molecule has 1 aromatic carbocycles. The van der Waals surface area contributed by atoms with Gasteiger partial charge in [0.25, 0.3) is 0 Å². The van der Waals surface area contributed by atoms with Gasteiger partial charge in [-0.25, -0.2) is 9.97 Å². The van der Waals surface area contributed by atoms with Gasteiger partial charge in [0.2, 0.25) is 5.91 Å². The molecular formula is C15H14F3N3OS. The van der Waals surface area contributed by atoms with Crippen molar-refractivity contribution in [1.29, 1.82) is 0 Å². The first kappa shape index (κ1) is 17.3. The third kappa shape index (κ3) is 5.24. The molecule has 0 aliphatic carbocycles. The summed E-state index contributed by atoms with van der Waals surface area (Å²) in [6.45, 7) is 1.95. The summed E-state index contributed by atoms with van der Waals surface area (Å²) in [7, 11) is 0. The van der Waals surface area contributed by atoms with E-state index in [9.17, 15) is 18.0 Å². The maximum absolute atomic E-state index is 12.6. The largest absolute Gasteiger partial charge is 0.433 e. The lowest BCUT2D eigenvalue weighted by atomic mass is 10.2. The first-order chi connectivity index (χ1) is 10.9. The van der Waals surface area contributed by atoms with Gasteiger partial charge in [-0.3, -0.25) is 4.79 Å². The zero-order chi connectivity index (χ0) is 16.9. The molecule has 0 aliphatic rings. The summed E-state index contributed by atoms with van der Waals surface area (Å²) >= 11 is 0.883. The summed E-state index contributed by atoms with van der Waals surface area (Å²) in [6.07, 6.45) is -3.50. The van der Waals surface area contributed by atoms with Crippen molar-refractivity contribution in [2.24, 2.45) is 0 Å². The van der Waals surface area contributed by atoms with Crippen molar-refractivity contribution in [3.63, 3.8) is 0 Å². The Morgan fingerprint density at radius 3 is 2.61 bits per heavy atom. The van der Waals surface area contributed by atoms with Crippen molar-refractivity contribution in [3.8, 4) is 0 Å². The van der Waals surface area contributed by atoms with E-state index in [1.165, 1.54) is 0 Å². The number of nitrogens with one attached hydrogen (secondary N) is 1. The standard InChI is InChI=1S/C15H14F3N3OS/c1-10(13(22)20-9-11-5-3-2-4-6-11)23-14-19-8-7-12(21-14)15(16,17)18/h2-8,10H,9H2,1H3,(H,20,22). The maximum Gasteiger partial charge on any atom is 0.433 e. The molecule has 1 atom stereocenters. The predicted molar refractivity (Wildman–Crippen MR) is 80.6 cm³/mol. The molecule has 1 unspecified atom stereocenters. The van der Waals surface area contributed by atoms with Gasteiger partial charge in [0.1, 0.15) is 5.69 Å². The highest BCUT2D eigenvalue weighted by Gasteiger charge is 2.33. The normalized spacial score (nSPS) is 12.7. The number of aromatic nitrogens is 2. The Hall–Kier alpha value is -2.09. The van der Waals surface area contributed by atoms with Crippen molar-refractivity contribution in [2.75, 3.05) is 0 Å². The molecule has 1 heterocycles. The van der Waals surface area contributed by atoms with Crippen LogP contribution in [-0.2, 0) is 17.5 Å². The minimum Gasteiger partial charge on any atom is -0.351 e. The Morgan fingerprint density at radius 1 is 1.26 bits per heavy atom. The number of thioether (sulfide) groups is 1. The van der Waals surface area contributed by atoms with E-state index in [2.05, 4.69) is 15.3 Å². The van der Waals surface area contributed by atoms with Crippen LogP contribution in [0.4, 0.5) is 13.2 Å². The lowest BCUT2D eigenvalue weighted by Crippen LogP contribution is -2.30. The molecule has 0 bridgehead atoms. The Balaban J connectivity index is 1.93. The molecule has 2 rings (SSSR count). The summed E-state index contributed by atoms with van der Waals surface area (Å²) in [5.74, 6) is -0.292. The summed E-state index contributed by atoms with van der Waals surface area (Å²) in [5, 5.41) is 2.04. The van der Waals surface area contributed by atoms with Crippen LogP contribution in [0.25, 0.3) is 0 Å². The highest BCUT2D eigenvalue weighted by Crippen LogP contribution is 2.29. The molecule has 0 radical (unpaired) electrons. The maximum atomic E-state index is 12.6. The summed E-state index contributed by atoms with van der Waals surface area (Å²) in [4.78, 5) is 19.2. The number of carbonyl (C=O) groups is 1. The van der Waals surface area contributed by atoms with Crippen molar-refractivity contribution in [2.45, 2.75) is 30.1 Å². The Bertz CT molecular complexity index is 665. The third-order valence-electron chi connectivity index (χ3n) is 2.88. The Morgan fingerprint density at radius 2 is 1.96 bits per heavy atom. The number of carbonyl (C=O) groups excluding carboxylic acids is 1. The number of hydrogen-bond acceptors (Lipinski definition) is 4. The molecule has 0 saturated heterocycles. The summed E-state index contributed by atoms with van der Waals surface area (Å²) in [5.41, 5.74) is -0.0831. The van der Waals surface area contributed by atoms with Gasteiger partial charge < -0.3 is 5.32 Å². The molecule has 0 fully saturated rings. The van der Waals surface area contributed by atoms with Crippen LogP contribution in [-0.4, -0.2) is 21.1 Å². The lowest BCUT2D eigenvalue weighted by molar-refractivity contribution is -0.141. The average Bonchev–Trinajstić information content (AvgIpc) is 2.53. The first-order valence-electron chi connectivity index (χ1n) is 6.75. The Labute approximate surface area is 135 Å². The minimum atomic E-state index is -4.53. The molecule has 0 spiro atoms. The Kier molecular flexibility index (Phi) is 5.59. The number of amides is 1. The molecule has 8 heteroatoms. The topological polar surface area (TPSA) is 54.9 Å². The SMILES string of the molecule is CC(Sc1nccc(C(F)(F)F)n1)C(=O)NCc1ccccc1. The zero-order valence-electron chi connectivity index (χ0n) is 12.2. The molecule has 1 N–H and O–H groups in total. The smallest absolute Gasteiger partial charge is 0.351 e. The van der Waals surface area contributed by atoms with Gasteiger partial charge in [-0.15, -0.1) is 0 Å². The van der Waals surface area contributed by atoms with Crippen molar-refractivity contribution in [3.05, 3.63) is 53.9 Å². The minimum absolute atomic E-state index is 0.0813. The average molecular weight is 341 g/mol. The third-order valence-corrected chi connectivity index (χ3v) is 3.86. The molecule has 23 heavy (non-hydrogen) atoms. The number of halogens is 3. The fourth-order valence-corrected chi connectivity index (χ4v) is 2.48. The number of benzene rings is 1. The van der Waals surface area contributed by atoms with Crippen LogP contribution in [0, 0.1) is 0 Å². The van der Waals surface area contributed by atoms with E-state index in [0.29, 0.717) is 6.54 Å². The molecule has 1 amide bonds. The second-order valence-corrected chi connectivity index (χ2v) is 5.99. The van der Waals surface area contributed by atoms with Gasteiger partial charge in [-0.1, -0.05) is 42.1 Å². The highest BCUT2D eigenvalue weighted by atomic mass is 32.2. The van der Waals surface area contributed by atoms with Crippen molar-refractivity contribution >= 4 is 17.7 Å².